The SMILES string of the molecule is O=C(O)COCC(=O)NC(=O)Nc1cccc(Cl)c1Br. The Morgan fingerprint density at radius 2 is 2.00 bits per heavy atom. The Bertz CT molecular complexity index is 538. The number of carboxylic acid groups (broad SMARTS) is 1. The first-order chi connectivity index (χ1) is 9.40. The van der Waals surface area contributed by atoms with E-state index < -0.39 is 31.1 Å². The summed E-state index contributed by atoms with van der Waals surface area (Å²) >= 11 is 9.02. The molecule has 3 N–H and O–H groups in total. The third kappa shape index (κ3) is 5.55. The zero-order valence-corrected chi connectivity index (χ0v) is 12.3. The average molecular weight is 366 g/mol. The summed E-state index contributed by atoms with van der Waals surface area (Å²) in [5, 5.41) is 13.1. The van der Waals surface area contributed by atoms with Crippen LogP contribution in [0.2, 0.25) is 5.02 Å². The van der Waals surface area contributed by atoms with E-state index in [4.69, 9.17) is 16.7 Å². The van der Waals surface area contributed by atoms with E-state index in [9.17, 15) is 14.4 Å². The Morgan fingerprint density at radius 1 is 1.30 bits per heavy atom. The van der Waals surface area contributed by atoms with Gasteiger partial charge in [-0.15, -0.1) is 0 Å². The number of urea groups is 1. The summed E-state index contributed by atoms with van der Waals surface area (Å²) in [6.45, 7) is -1.15. The van der Waals surface area contributed by atoms with Crippen LogP contribution in [-0.4, -0.2) is 36.2 Å². The van der Waals surface area contributed by atoms with E-state index in [0.717, 1.165) is 0 Å². The highest BCUT2D eigenvalue weighted by atomic mass is 79.9. The number of hydrogen-bond donors (Lipinski definition) is 3. The number of carbonyl (C=O) groups excluding carboxylic acids is 2. The topological polar surface area (TPSA) is 105 Å². The predicted octanol–water partition coefficient (Wildman–Crippen LogP) is 1.85. The molecule has 0 bridgehead atoms. The van der Waals surface area contributed by atoms with Gasteiger partial charge in [0.1, 0.15) is 13.2 Å². The lowest BCUT2D eigenvalue weighted by atomic mass is 10.3. The van der Waals surface area contributed by atoms with Crippen molar-refractivity contribution in [3.8, 4) is 0 Å². The molecule has 0 heterocycles. The first-order valence-corrected chi connectivity index (χ1v) is 6.41. The monoisotopic (exact) mass is 364 g/mol. The number of carbonyl (C=O) groups is 3. The molecule has 0 atom stereocenters. The average Bonchev–Trinajstić information content (AvgIpc) is 2.34. The summed E-state index contributed by atoms with van der Waals surface area (Å²) in [5.41, 5.74) is 0.384. The van der Waals surface area contributed by atoms with E-state index >= 15 is 0 Å². The van der Waals surface area contributed by atoms with E-state index in [0.29, 0.717) is 15.2 Å². The van der Waals surface area contributed by atoms with Crippen LogP contribution >= 0.6 is 27.5 Å². The minimum absolute atomic E-state index is 0.384. The number of benzene rings is 1. The van der Waals surface area contributed by atoms with Gasteiger partial charge in [-0.1, -0.05) is 17.7 Å². The number of carboxylic acids is 1. The third-order valence-electron chi connectivity index (χ3n) is 1.91. The van der Waals surface area contributed by atoms with Crippen molar-refractivity contribution in [1.29, 1.82) is 0 Å². The lowest BCUT2D eigenvalue weighted by Crippen LogP contribution is -2.37. The molecule has 0 radical (unpaired) electrons. The van der Waals surface area contributed by atoms with Gasteiger partial charge < -0.3 is 15.2 Å². The lowest BCUT2D eigenvalue weighted by Gasteiger charge is -2.09. The Morgan fingerprint density at radius 3 is 2.65 bits per heavy atom. The van der Waals surface area contributed by atoms with Gasteiger partial charge >= 0.3 is 12.0 Å². The van der Waals surface area contributed by atoms with E-state index in [2.05, 4.69) is 26.0 Å². The van der Waals surface area contributed by atoms with E-state index in [-0.39, 0.29) is 0 Å². The summed E-state index contributed by atoms with van der Waals surface area (Å²) in [7, 11) is 0. The highest BCUT2D eigenvalue weighted by Crippen LogP contribution is 2.29. The second kappa shape index (κ2) is 7.83. The number of hydrogen-bond acceptors (Lipinski definition) is 4. The van der Waals surface area contributed by atoms with Gasteiger partial charge in [0.05, 0.1) is 15.2 Å². The molecule has 0 spiro atoms. The fraction of sp³-hybridized carbons (Fsp3) is 0.182. The molecule has 7 nitrogen and oxygen atoms in total. The van der Waals surface area contributed by atoms with Gasteiger partial charge in [0.15, 0.2) is 0 Å². The van der Waals surface area contributed by atoms with Crippen molar-refractivity contribution in [3.05, 3.63) is 27.7 Å². The molecule has 0 fully saturated rings. The van der Waals surface area contributed by atoms with Gasteiger partial charge in [0, 0.05) is 0 Å². The Balaban J connectivity index is 2.45. The Labute approximate surface area is 127 Å². The molecular formula is C11H10BrClN2O5. The molecule has 0 aliphatic carbocycles. The minimum atomic E-state index is -1.20. The van der Waals surface area contributed by atoms with Crippen molar-refractivity contribution in [3.63, 3.8) is 0 Å². The second-order valence-electron chi connectivity index (χ2n) is 3.49. The summed E-state index contributed by atoms with van der Waals surface area (Å²) in [4.78, 5) is 32.9. The molecule has 108 valence electrons. The molecular weight excluding hydrogens is 355 g/mol. The quantitative estimate of drug-likeness (QED) is 0.738. The van der Waals surface area contributed by atoms with Crippen LogP contribution in [0.25, 0.3) is 0 Å². The highest BCUT2D eigenvalue weighted by molar-refractivity contribution is 9.10. The smallest absolute Gasteiger partial charge is 0.329 e. The molecule has 0 saturated carbocycles. The number of imide groups is 1. The highest BCUT2D eigenvalue weighted by Gasteiger charge is 2.11. The number of rotatable bonds is 5. The maximum atomic E-state index is 11.5. The van der Waals surface area contributed by atoms with E-state index in [1.807, 2.05) is 5.32 Å². The van der Waals surface area contributed by atoms with Gasteiger partial charge in [0.2, 0.25) is 0 Å². The minimum Gasteiger partial charge on any atom is -0.480 e. The fourth-order valence-corrected chi connectivity index (χ4v) is 1.69. The molecule has 9 heteroatoms. The van der Waals surface area contributed by atoms with Crippen molar-refractivity contribution in [2.75, 3.05) is 18.5 Å². The molecule has 0 aliphatic heterocycles. The van der Waals surface area contributed by atoms with Gasteiger partial charge in [-0.3, -0.25) is 10.1 Å². The largest absolute Gasteiger partial charge is 0.480 e. The van der Waals surface area contributed by atoms with Crippen molar-refractivity contribution in [2.45, 2.75) is 0 Å². The van der Waals surface area contributed by atoms with Gasteiger partial charge in [-0.05, 0) is 28.1 Å². The standard InChI is InChI=1S/C11H10BrClN2O5/c12-10-6(13)2-1-3-7(10)14-11(19)15-8(16)4-20-5-9(17)18/h1-3H,4-5H2,(H,17,18)(H2,14,15,16,19). The van der Waals surface area contributed by atoms with Crippen molar-refractivity contribution < 1.29 is 24.2 Å². The van der Waals surface area contributed by atoms with Gasteiger partial charge in [0.25, 0.3) is 5.91 Å². The maximum absolute atomic E-state index is 11.5. The number of halogens is 2. The zero-order valence-electron chi connectivity index (χ0n) is 9.98. The third-order valence-corrected chi connectivity index (χ3v) is 3.31. The van der Waals surface area contributed by atoms with E-state index in [1.54, 1.807) is 18.2 Å². The van der Waals surface area contributed by atoms with Crippen LogP contribution in [0.1, 0.15) is 0 Å². The number of anilines is 1. The van der Waals surface area contributed by atoms with Crippen LogP contribution in [0.5, 0.6) is 0 Å². The molecule has 1 aromatic carbocycles. The molecule has 1 aromatic rings. The van der Waals surface area contributed by atoms with Crippen LogP contribution < -0.4 is 10.6 Å². The molecule has 0 aromatic heterocycles. The van der Waals surface area contributed by atoms with Gasteiger partial charge in [-0.2, -0.15) is 0 Å². The summed E-state index contributed by atoms with van der Waals surface area (Å²) in [6.07, 6.45) is 0. The molecule has 0 aliphatic rings. The second-order valence-corrected chi connectivity index (χ2v) is 4.69. The molecule has 0 unspecified atom stereocenters. The fourth-order valence-electron chi connectivity index (χ4n) is 1.15. The summed E-state index contributed by atoms with van der Waals surface area (Å²) in [5.74, 6) is -1.97. The van der Waals surface area contributed by atoms with E-state index in [1.165, 1.54) is 0 Å². The van der Waals surface area contributed by atoms with Crippen LogP contribution in [0.4, 0.5) is 10.5 Å². The lowest BCUT2D eigenvalue weighted by molar-refractivity contribution is -0.143. The molecule has 0 saturated heterocycles. The van der Waals surface area contributed by atoms with Crippen LogP contribution in [-0.2, 0) is 14.3 Å². The summed E-state index contributed by atoms with van der Waals surface area (Å²) < 4.78 is 5.01. The van der Waals surface area contributed by atoms with Crippen molar-refractivity contribution >= 4 is 51.1 Å². The Kier molecular flexibility index (Phi) is 6.43. The van der Waals surface area contributed by atoms with Crippen LogP contribution in [0, 0.1) is 0 Å². The van der Waals surface area contributed by atoms with Crippen LogP contribution in [0.3, 0.4) is 0 Å². The first-order valence-electron chi connectivity index (χ1n) is 5.24. The number of ether oxygens (including phenoxy) is 1. The molecule has 1 rings (SSSR count). The van der Waals surface area contributed by atoms with Crippen LogP contribution in [0.15, 0.2) is 22.7 Å². The van der Waals surface area contributed by atoms with Gasteiger partial charge in [-0.25, -0.2) is 9.59 Å². The Hall–Kier alpha value is -1.64. The summed E-state index contributed by atoms with van der Waals surface area (Å²) in [6, 6.07) is 4.05. The normalized spacial score (nSPS) is 9.90. The number of amides is 3. The maximum Gasteiger partial charge on any atom is 0.329 e. The number of aliphatic carboxylic acids is 1. The molecule has 20 heavy (non-hydrogen) atoms. The zero-order chi connectivity index (χ0) is 15.1. The number of nitrogens with one attached hydrogen (secondary N) is 2. The van der Waals surface area contributed by atoms with Crippen molar-refractivity contribution in [1.82, 2.24) is 5.32 Å². The predicted molar refractivity (Wildman–Crippen MR) is 74.8 cm³/mol. The van der Waals surface area contributed by atoms with Crippen molar-refractivity contribution in [2.24, 2.45) is 0 Å². The molecule has 3 amide bonds. The first kappa shape index (κ1) is 16.4.